The quantitative estimate of drug-likeness (QED) is 0.651. The summed E-state index contributed by atoms with van der Waals surface area (Å²) in [7, 11) is 1.67. The Hall–Kier alpha value is -2.73. The van der Waals surface area contributed by atoms with Gasteiger partial charge in [0.05, 0.1) is 17.2 Å². The van der Waals surface area contributed by atoms with E-state index in [1.165, 1.54) is 21.8 Å². The monoisotopic (exact) mass is 382 g/mol. The number of carbonyl (C=O) groups is 1. The van der Waals surface area contributed by atoms with Crippen LogP contribution in [0.5, 0.6) is 0 Å². The molecule has 27 heavy (non-hydrogen) atoms. The smallest absolute Gasteiger partial charge is 0.349 e. The maximum Gasteiger partial charge on any atom is 0.349 e. The van der Waals surface area contributed by atoms with Crippen molar-refractivity contribution in [3.8, 4) is 0 Å². The van der Waals surface area contributed by atoms with Crippen LogP contribution in [0.25, 0.3) is 0 Å². The van der Waals surface area contributed by atoms with Gasteiger partial charge in [0.15, 0.2) is 0 Å². The molecule has 0 aliphatic carbocycles. The molecule has 2 heterocycles. The molecule has 140 valence electrons. The number of benzene rings is 1. The second-order valence-electron chi connectivity index (χ2n) is 6.56. The first kappa shape index (κ1) is 19.0. The van der Waals surface area contributed by atoms with Gasteiger partial charge in [0.25, 0.3) is 5.91 Å². The van der Waals surface area contributed by atoms with Crippen LogP contribution in [0.1, 0.15) is 37.9 Å². The van der Waals surface area contributed by atoms with Crippen LogP contribution in [0.3, 0.4) is 0 Å². The Labute approximate surface area is 162 Å². The van der Waals surface area contributed by atoms with Gasteiger partial charge >= 0.3 is 5.63 Å². The van der Waals surface area contributed by atoms with Crippen LogP contribution in [0.15, 0.2) is 51.0 Å². The highest BCUT2D eigenvalue weighted by atomic mass is 32.1. The van der Waals surface area contributed by atoms with Gasteiger partial charge in [-0.25, -0.2) is 9.78 Å². The van der Waals surface area contributed by atoms with Gasteiger partial charge in [-0.2, -0.15) is 0 Å². The second-order valence-corrected chi connectivity index (χ2v) is 7.63. The van der Waals surface area contributed by atoms with Crippen molar-refractivity contribution in [2.45, 2.75) is 33.2 Å². The predicted molar refractivity (Wildman–Crippen MR) is 106 cm³/mol. The molecule has 3 aromatic rings. The van der Waals surface area contributed by atoms with Crippen molar-refractivity contribution in [2.75, 3.05) is 7.05 Å². The van der Waals surface area contributed by atoms with Gasteiger partial charge < -0.3 is 9.32 Å². The van der Waals surface area contributed by atoms with Crippen molar-refractivity contribution in [1.82, 2.24) is 9.88 Å². The average Bonchev–Trinajstić information content (AvgIpc) is 3.05. The molecule has 0 radical (unpaired) electrons. The summed E-state index contributed by atoms with van der Waals surface area (Å²) in [5, 5.41) is 2.87. The summed E-state index contributed by atoms with van der Waals surface area (Å²) < 4.78 is 5.42. The highest BCUT2D eigenvalue weighted by Gasteiger charge is 2.21. The van der Waals surface area contributed by atoms with Crippen molar-refractivity contribution < 1.29 is 9.21 Å². The molecule has 0 N–H and O–H groups in total. The first-order chi connectivity index (χ1) is 12.9. The molecule has 0 unspecified atom stereocenters. The first-order valence-electron chi connectivity index (χ1n) is 8.78. The standard InChI is InChI=1S/C21H22N2O3S/c1-14-11-18(10-9-16-7-5-4-6-8-16)26-21(25)19(14)20(24)23(3)12-17-13-27-15(2)22-17/h4-8,11,13H,9-10,12H2,1-3H3. The Kier molecular flexibility index (Phi) is 5.86. The predicted octanol–water partition coefficient (Wildman–Crippen LogP) is 3.77. The third kappa shape index (κ3) is 4.71. The lowest BCUT2D eigenvalue weighted by Gasteiger charge is -2.16. The first-order valence-corrected chi connectivity index (χ1v) is 9.66. The van der Waals surface area contributed by atoms with Gasteiger partial charge in [0.2, 0.25) is 0 Å². The zero-order valence-corrected chi connectivity index (χ0v) is 16.5. The van der Waals surface area contributed by atoms with Crippen LogP contribution in [-0.4, -0.2) is 22.8 Å². The Morgan fingerprint density at radius 1 is 1.19 bits per heavy atom. The molecular formula is C21H22N2O3S. The zero-order chi connectivity index (χ0) is 19.4. The van der Waals surface area contributed by atoms with E-state index in [0.29, 0.717) is 24.3 Å². The highest BCUT2D eigenvalue weighted by Crippen LogP contribution is 2.14. The van der Waals surface area contributed by atoms with Crippen molar-refractivity contribution in [2.24, 2.45) is 0 Å². The molecule has 0 spiro atoms. The van der Waals surface area contributed by atoms with Crippen molar-refractivity contribution in [1.29, 1.82) is 0 Å². The summed E-state index contributed by atoms with van der Waals surface area (Å²) in [6.45, 7) is 4.05. The summed E-state index contributed by atoms with van der Waals surface area (Å²) in [6, 6.07) is 11.8. The fraction of sp³-hybridized carbons (Fsp3) is 0.286. The molecule has 2 aromatic heterocycles. The molecule has 0 aliphatic rings. The van der Waals surface area contributed by atoms with Gasteiger partial charge in [0, 0.05) is 18.8 Å². The molecule has 0 saturated carbocycles. The maximum absolute atomic E-state index is 12.7. The van der Waals surface area contributed by atoms with Crippen molar-refractivity contribution in [3.63, 3.8) is 0 Å². The van der Waals surface area contributed by atoms with Gasteiger partial charge in [0.1, 0.15) is 11.3 Å². The minimum absolute atomic E-state index is 0.0907. The molecule has 0 saturated heterocycles. The lowest BCUT2D eigenvalue weighted by Crippen LogP contribution is -2.31. The fourth-order valence-electron chi connectivity index (χ4n) is 2.95. The van der Waals surface area contributed by atoms with Gasteiger partial charge in [-0.3, -0.25) is 4.79 Å². The number of hydrogen-bond donors (Lipinski definition) is 0. The van der Waals surface area contributed by atoms with E-state index in [2.05, 4.69) is 4.98 Å². The molecule has 1 amide bonds. The van der Waals surface area contributed by atoms with E-state index in [1.807, 2.05) is 42.6 Å². The maximum atomic E-state index is 12.7. The third-order valence-corrected chi connectivity index (χ3v) is 5.15. The fourth-order valence-corrected chi connectivity index (χ4v) is 3.56. The summed E-state index contributed by atoms with van der Waals surface area (Å²) in [5.41, 5.74) is 2.14. The Morgan fingerprint density at radius 3 is 2.56 bits per heavy atom. The summed E-state index contributed by atoms with van der Waals surface area (Å²) in [6.07, 6.45) is 1.39. The van der Waals surface area contributed by atoms with Crippen LogP contribution in [-0.2, 0) is 19.4 Å². The Balaban J connectivity index is 1.73. The highest BCUT2D eigenvalue weighted by molar-refractivity contribution is 7.09. The second kappa shape index (κ2) is 8.31. The Morgan fingerprint density at radius 2 is 1.93 bits per heavy atom. The van der Waals surface area contributed by atoms with E-state index in [0.717, 1.165) is 17.1 Å². The lowest BCUT2D eigenvalue weighted by atomic mass is 10.1. The molecule has 0 fully saturated rings. The lowest BCUT2D eigenvalue weighted by molar-refractivity contribution is 0.0777. The molecule has 5 nitrogen and oxygen atoms in total. The number of carbonyl (C=O) groups excluding carboxylic acids is 1. The number of amides is 1. The van der Waals surface area contributed by atoms with E-state index in [-0.39, 0.29) is 11.5 Å². The molecule has 0 atom stereocenters. The molecule has 1 aromatic carbocycles. The number of aryl methyl sites for hydroxylation is 4. The van der Waals surface area contributed by atoms with E-state index in [9.17, 15) is 9.59 Å². The van der Waals surface area contributed by atoms with Gasteiger partial charge in [-0.1, -0.05) is 30.3 Å². The molecule has 6 heteroatoms. The van der Waals surface area contributed by atoms with Crippen molar-refractivity contribution in [3.05, 3.63) is 85.4 Å². The molecule has 0 aliphatic heterocycles. The zero-order valence-electron chi connectivity index (χ0n) is 15.7. The minimum atomic E-state index is -0.579. The number of hydrogen-bond acceptors (Lipinski definition) is 5. The largest absolute Gasteiger partial charge is 0.427 e. The third-order valence-electron chi connectivity index (χ3n) is 4.33. The van der Waals surface area contributed by atoms with Gasteiger partial charge in [-0.15, -0.1) is 11.3 Å². The number of nitrogens with zero attached hydrogens (tertiary/aromatic N) is 2. The number of aromatic nitrogens is 1. The van der Waals surface area contributed by atoms with Crippen LogP contribution in [0.2, 0.25) is 0 Å². The number of thiazole rings is 1. The van der Waals surface area contributed by atoms with E-state index in [4.69, 9.17) is 4.42 Å². The molecule has 3 rings (SSSR count). The van der Waals surface area contributed by atoms with Crippen LogP contribution < -0.4 is 5.63 Å². The summed E-state index contributed by atoms with van der Waals surface area (Å²) in [4.78, 5) is 31.0. The summed E-state index contributed by atoms with van der Waals surface area (Å²) in [5.74, 6) is 0.247. The number of rotatable bonds is 6. The minimum Gasteiger partial charge on any atom is -0.427 e. The van der Waals surface area contributed by atoms with E-state index < -0.39 is 5.63 Å². The normalized spacial score (nSPS) is 10.8. The Bertz CT molecular complexity index is 992. The SMILES string of the molecule is Cc1nc(CN(C)C(=O)c2c(C)cc(CCc3ccccc3)oc2=O)cs1. The average molecular weight is 382 g/mol. The van der Waals surface area contributed by atoms with Crippen LogP contribution in [0, 0.1) is 13.8 Å². The van der Waals surface area contributed by atoms with E-state index in [1.54, 1.807) is 20.0 Å². The van der Waals surface area contributed by atoms with E-state index >= 15 is 0 Å². The summed E-state index contributed by atoms with van der Waals surface area (Å²) >= 11 is 1.54. The molecule has 0 bridgehead atoms. The van der Waals surface area contributed by atoms with Gasteiger partial charge in [-0.05, 0) is 37.5 Å². The topological polar surface area (TPSA) is 63.4 Å². The van der Waals surface area contributed by atoms with Crippen LogP contribution in [0.4, 0.5) is 0 Å². The van der Waals surface area contributed by atoms with Crippen LogP contribution >= 0.6 is 11.3 Å². The molecular weight excluding hydrogens is 360 g/mol. The van der Waals surface area contributed by atoms with Crippen molar-refractivity contribution >= 4 is 17.2 Å².